The average molecular weight is 383 g/mol. The van der Waals surface area contributed by atoms with Crippen molar-refractivity contribution >= 4 is 28.5 Å². The average Bonchev–Trinajstić information content (AvgIpc) is 2.75. The number of amides is 3. The lowest BCUT2D eigenvalue weighted by atomic mass is 9.89. The molecule has 0 heterocycles. The van der Waals surface area contributed by atoms with E-state index in [1.807, 2.05) is 36.4 Å². The van der Waals surface area contributed by atoms with E-state index < -0.39 is 11.8 Å². The number of rotatable bonds is 6. The van der Waals surface area contributed by atoms with Crippen molar-refractivity contribution in [2.75, 3.05) is 13.2 Å². The first kappa shape index (κ1) is 19.7. The summed E-state index contributed by atoms with van der Waals surface area (Å²) >= 11 is 0. The highest BCUT2D eigenvalue weighted by Gasteiger charge is 2.21. The maximum absolute atomic E-state index is 12.0. The summed E-state index contributed by atoms with van der Waals surface area (Å²) < 4.78 is 5.45. The van der Waals surface area contributed by atoms with Crippen LogP contribution in [0.3, 0.4) is 0 Å². The van der Waals surface area contributed by atoms with Crippen molar-refractivity contribution in [1.82, 2.24) is 16.2 Å². The van der Waals surface area contributed by atoms with Crippen molar-refractivity contribution < 1.29 is 19.1 Å². The van der Waals surface area contributed by atoms with Crippen molar-refractivity contribution in [1.29, 1.82) is 0 Å². The molecule has 148 valence electrons. The second kappa shape index (κ2) is 9.73. The zero-order valence-electron chi connectivity index (χ0n) is 15.7. The van der Waals surface area contributed by atoms with Crippen LogP contribution in [0.4, 0.5) is 0 Å². The second-order valence-corrected chi connectivity index (χ2v) is 6.95. The Morgan fingerprint density at radius 1 is 0.893 bits per heavy atom. The number of ether oxygens (including phenoxy) is 1. The maximum Gasteiger partial charge on any atom is 0.276 e. The van der Waals surface area contributed by atoms with Gasteiger partial charge in [0, 0.05) is 5.92 Å². The fraction of sp³-hybridized carbons (Fsp3) is 0.381. The maximum atomic E-state index is 12.0. The molecular weight excluding hydrogens is 358 g/mol. The molecule has 3 amide bonds. The fourth-order valence-electron chi connectivity index (χ4n) is 3.30. The molecule has 0 radical (unpaired) electrons. The van der Waals surface area contributed by atoms with Gasteiger partial charge in [0.2, 0.25) is 5.91 Å². The first-order valence-electron chi connectivity index (χ1n) is 9.59. The third-order valence-electron chi connectivity index (χ3n) is 4.83. The molecule has 28 heavy (non-hydrogen) atoms. The van der Waals surface area contributed by atoms with E-state index in [9.17, 15) is 14.4 Å². The van der Waals surface area contributed by atoms with Gasteiger partial charge in [-0.2, -0.15) is 0 Å². The Labute approximate surface area is 163 Å². The molecule has 1 fully saturated rings. The van der Waals surface area contributed by atoms with Gasteiger partial charge in [-0.1, -0.05) is 49.6 Å². The molecule has 2 aromatic rings. The molecular formula is C21H25N3O4. The van der Waals surface area contributed by atoms with Gasteiger partial charge < -0.3 is 10.1 Å². The second-order valence-electron chi connectivity index (χ2n) is 6.95. The highest BCUT2D eigenvalue weighted by molar-refractivity contribution is 5.88. The Bertz CT molecular complexity index is 846. The van der Waals surface area contributed by atoms with Crippen LogP contribution in [0.5, 0.6) is 5.75 Å². The number of carbonyl (C=O) groups is 3. The lowest BCUT2D eigenvalue weighted by Gasteiger charge is -2.20. The van der Waals surface area contributed by atoms with Gasteiger partial charge in [-0.25, -0.2) is 0 Å². The van der Waals surface area contributed by atoms with Crippen LogP contribution in [0.1, 0.15) is 32.1 Å². The predicted molar refractivity (Wildman–Crippen MR) is 105 cm³/mol. The number of benzene rings is 2. The van der Waals surface area contributed by atoms with Gasteiger partial charge in [-0.05, 0) is 35.7 Å². The number of nitrogens with one attached hydrogen (secondary N) is 3. The van der Waals surface area contributed by atoms with Crippen LogP contribution in [-0.2, 0) is 14.4 Å². The molecule has 0 bridgehead atoms. The first-order chi connectivity index (χ1) is 13.6. The number of hydrogen-bond donors (Lipinski definition) is 3. The highest BCUT2D eigenvalue weighted by Crippen LogP contribution is 2.23. The minimum atomic E-state index is -0.486. The van der Waals surface area contributed by atoms with Gasteiger partial charge in [0.15, 0.2) is 6.61 Å². The van der Waals surface area contributed by atoms with E-state index in [2.05, 4.69) is 16.2 Å². The van der Waals surface area contributed by atoms with Crippen molar-refractivity contribution in [3.8, 4) is 5.75 Å². The lowest BCUT2D eigenvalue weighted by Crippen LogP contribution is -2.48. The summed E-state index contributed by atoms with van der Waals surface area (Å²) in [6, 6.07) is 13.4. The van der Waals surface area contributed by atoms with Crippen LogP contribution >= 0.6 is 0 Å². The lowest BCUT2D eigenvalue weighted by molar-refractivity contribution is -0.131. The standard InChI is InChI=1S/C21H25N3O4/c25-19(13-22-21(27)16-7-2-1-3-8-16)23-24-20(26)14-28-18-11-10-15-6-4-5-9-17(15)12-18/h4-6,9-12,16H,1-3,7-8,13-14H2,(H,22,27)(H,23,25)(H,24,26). The van der Waals surface area contributed by atoms with Gasteiger partial charge in [0.1, 0.15) is 5.75 Å². The Kier molecular flexibility index (Phi) is 6.84. The predicted octanol–water partition coefficient (Wildman–Crippen LogP) is 2.06. The summed E-state index contributed by atoms with van der Waals surface area (Å²) in [6.07, 6.45) is 5.01. The summed E-state index contributed by atoms with van der Waals surface area (Å²) in [6.45, 7) is -0.395. The van der Waals surface area contributed by atoms with E-state index in [0.717, 1.165) is 42.9 Å². The van der Waals surface area contributed by atoms with E-state index in [0.29, 0.717) is 5.75 Å². The van der Waals surface area contributed by atoms with Crippen molar-refractivity contribution in [2.45, 2.75) is 32.1 Å². The quantitative estimate of drug-likeness (QED) is 0.665. The van der Waals surface area contributed by atoms with Gasteiger partial charge in [-0.3, -0.25) is 25.2 Å². The van der Waals surface area contributed by atoms with Crippen LogP contribution in [0.2, 0.25) is 0 Å². The zero-order chi connectivity index (χ0) is 19.8. The van der Waals surface area contributed by atoms with Crippen LogP contribution < -0.4 is 20.9 Å². The van der Waals surface area contributed by atoms with Crippen molar-refractivity contribution in [3.63, 3.8) is 0 Å². The summed E-state index contributed by atoms with van der Waals surface area (Å²) in [5, 5.41) is 4.72. The Morgan fingerprint density at radius 2 is 1.61 bits per heavy atom. The summed E-state index contributed by atoms with van der Waals surface area (Å²) in [5.74, 6) is -0.504. The van der Waals surface area contributed by atoms with Crippen LogP contribution in [0, 0.1) is 5.92 Å². The minimum Gasteiger partial charge on any atom is -0.484 e. The van der Waals surface area contributed by atoms with E-state index in [1.165, 1.54) is 0 Å². The van der Waals surface area contributed by atoms with E-state index in [4.69, 9.17) is 4.74 Å². The number of carbonyl (C=O) groups excluding carboxylic acids is 3. The molecule has 0 unspecified atom stereocenters. The molecule has 0 atom stereocenters. The Morgan fingerprint density at radius 3 is 2.39 bits per heavy atom. The van der Waals surface area contributed by atoms with Gasteiger partial charge >= 0.3 is 0 Å². The molecule has 0 aromatic heterocycles. The monoisotopic (exact) mass is 383 g/mol. The molecule has 7 nitrogen and oxygen atoms in total. The molecule has 2 aromatic carbocycles. The fourth-order valence-corrected chi connectivity index (χ4v) is 3.30. The zero-order valence-corrected chi connectivity index (χ0v) is 15.7. The number of hydrogen-bond acceptors (Lipinski definition) is 4. The third-order valence-corrected chi connectivity index (χ3v) is 4.83. The largest absolute Gasteiger partial charge is 0.484 e. The van der Waals surface area contributed by atoms with E-state index in [-0.39, 0.29) is 25.0 Å². The topological polar surface area (TPSA) is 96.5 Å². The minimum absolute atomic E-state index is 0.00788. The Hall–Kier alpha value is -3.09. The summed E-state index contributed by atoms with van der Waals surface area (Å²) in [7, 11) is 0. The molecule has 3 N–H and O–H groups in total. The molecule has 3 rings (SSSR count). The third kappa shape index (κ3) is 5.70. The Balaban J connectivity index is 1.35. The molecule has 0 saturated heterocycles. The molecule has 0 aliphatic heterocycles. The first-order valence-corrected chi connectivity index (χ1v) is 9.59. The molecule has 0 spiro atoms. The van der Waals surface area contributed by atoms with E-state index in [1.54, 1.807) is 6.07 Å². The van der Waals surface area contributed by atoms with Crippen molar-refractivity contribution in [3.05, 3.63) is 42.5 Å². The van der Waals surface area contributed by atoms with Gasteiger partial charge in [0.05, 0.1) is 6.54 Å². The normalized spacial score (nSPS) is 14.3. The van der Waals surface area contributed by atoms with Crippen LogP contribution in [0.15, 0.2) is 42.5 Å². The molecule has 1 saturated carbocycles. The van der Waals surface area contributed by atoms with Gasteiger partial charge in [-0.15, -0.1) is 0 Å². The number of hydrazine groups is 1. The van der Waals surface area contributed by atoms with Crippen LogP contribution in [-0.4, -0.2) is 30.9 Å². The SMILES string of the molecule is O=C(CNC(=O)C1CCCCC1)NNC(=O)COc1ccc2ccccc2c1. The summed E-state index contributed by atoms with van der Waals surface area (Å²) in [5.41, 5.74) is 4.55. The smallest absolute Gasteiger partial charge is 0.276 e. The molecule has 1 aliphatic carbocycles. The summed E-state index contributed by atoms with van der Waals surface area (Å²) in [4.78, 5) is 35.6. The molecule has 7 heteroatoms. The van der Waals surface area contributed by atoms with Crippen molar-refractivity contribution in [2.24, 2.45) is 5.92 Å². The molecule has 1 aliphatic rings. The number of fused-ring (bicyclic) bond motifs is 1. The van der Waals surface area contributed by atoms with Crippen LogP contribution in [0.25, 0.3) is 10.8 Å². The highest BCUT2D eigenvalue weighted by atomic mass is 16.5. The van der Waals surface area contributed by atoms with Gasteiger partial charge in [0.25, 0.3) is 11.8 Å². The van der Waals surface area contributed by atoms with E-state index >= 15 is 0 Å².